The van der Waals surface area contributed by atoms with Gasteiger partial charge in [0.05, 0.1) is 31.9 Å². The zero-order chi connectivity index (χ0) is 29.0. The molecule has 2 rings (SSSR count). The van der Waals surface area contributed by atoms with Crippen LogP contribution in [-0.2, 0) is 6.18 Å². The topological polar surface area (TPSA) is 29.1 Å². The second-order valence-corrected chi connectivity index (χ2v) is 10.2. The molecule has 0 aliphatic heterocycles. The zero-order valence-electron chi connectivity index (χ0n) is 19.0. The Bertz CT molecular complexity index is 1160. The Morgan fingerprint density at radius 1 is 1.00 bits per heavy atom. The van der Waals surface area contributed by atoms with Gasteiger partial charge in [-0.2, -0.15) is 38.1 Å². The summed E-state index contributed by atoms with van der Waals surface area (Å²) in [5.41, 5.74) is -4.03. The van der Waals surface area contributed by atoms with Crippen LogP contribution in [0.15, 0.2) is 36.4 Å². The smallest absolute Gasteiger partial charge is 0.349 e. The molecular weight excluding hydrogens is 616 g/mol. The summed E-state index contributed by atoms with van der Waals surface area (Å²) >= 11 is 18.0. The van der Waals surface area contributed by atoms with Gasteiger partial charge in [-0.3, -0.25) is 4.79 Å². The largest absolute Gasteiger partial charge is 0.417 e. The summed E-state index contributed by atoms with van der Waals surface area (Å²) in [5, 5.41) is 1.27. The highest BCUT2D eigenvalue weighted by Crippen LogP contribution is 2.42. The molecule has 210 valence electrons. The van der Waals surface area contributed by atoms with Crippen LogP contribution in [0, 0.1) is 0 Å². The van der Waals surface area contributed by atoms with Crippen molar-refractivity contribution in [3.8, 4) is 0 Å². The third-order valence-electron chi connectivity index (χ3n) is 4.87. The van der Waals surface area contributed by atoms with Gasteiger partial charge in [0.2, 0.25) is 6.43 Å². The first-order chi connectivity index (χ1) is 17.4. The zero-order valence-corrected chi connectivity index (χ0v) is 22.0. The number of hydrogen-bond acceptors (Lipinski definition) is 2. The molecule has 0 radical (unpaired) electrons. The minimum atomic E-state index is -5.18. The van der Waals surface area contributed by atoms with Gasteiger partial charge in [0.15, 0.2) is 0 Å². The molecule has 2 aromatic rings. The first-order valence-electron chi connectivity index (χ1n) is 10.4. The number of thioether (sulfide) groups is 1. The van der Waals surface area contributed by atoms with Crippen molar-refractivity contribution in [2.24, 2.45) is 0 Å². The molecule has 15 heteroatoms. The van der Waals surface area contributed by atoms with Crippen LogP contribution >= 0.6 is 46.6 Å². The van der Waals surface area contributed by atoms with Crippen molar-refractivity contribution in [3.63, 3.8) is 0 Å². The monoisotopic (exact) mass is 631 g/mol. The Kier molecular flexibility index (Phi) is 11.2. The molecule has 0 saturated heterocycles. The molecule has 0 fully saturated rings. The summed E-state index contributed by atoms with van der Waals surface area (Å²) in [5.74, 6) is -6.11. The molecule has 2 aromatic carbocycles. The van der Waals surface area contributed by atoms with Crippen molar-refractivity contribution in [2.75, 3.05) is 11.5 Å². The average Bonchev–Trinajstić information content (AvgIpc) is 2.78. The molecule has 0 spiro atoms. The highest BCUT2D eigenvalue weighted by Gasteiger charge is 2.41. The highest BCUT2D eigenvalue weighted by atomic mass is 35.5. The fourth-order valence-corrected chi connectivity index (χ4v) is 4.54. The molecule has 2 atom stereocenters. The average molecular weight is 633 g/mol. The van der Waals surface area contributed by atoms with Gasteiger partial charge in [0.1, 0.15) is 11.7 Å². The summed E-state index contributed by atoms with van der Waals surface area (Å²) < 4.78 is 122. The highest BCUT2D eigenvalue weighted by molar-refractivity contribution is 7.99. The maximum Gasteiger partial charge on any atom is 0.417 e. The van der Waals surface area contributed by atoms with Crippen LogP contribution in [0.5, 0.6) is 0 Å². The summed E-state index contributed by atoms with van der Waals surface area (Å²) in [6.45, 7) is 1.38. The van der Waals surface area contributed by atoms with Gasteiger partial charge in [0, 0.05) is 17.4 Å². The number of nitrogens with one attached hydrogen (secondary N) is 1. The fourth-order valence-electron chi connectivity index (χ4n) is 3.18. The minimum Gasteiger partial charge on any atom is -0.349 e. The van der Waals surface area contributed by atoms with Crippen molar-refractivity contribution in [3.05, 3.63) is 73.7 Å². The number of carbonyl (C=O) groups is 1. The van der Waals surface area contributed by atoms with Crippen LogP contribution in [0.2, 0.25) is 15.1 Å². The van der Waals surface area contributed by atoms with E-state index in [0.717, 1.165) is 23.9 Å². The van der Waals surface area contributed by atoms with E-state index in [1.807, 2.05) is 0 Å². The SMILES string of the molecule is CC(CSCC(F)F)NC(=O)c1ccc(/C(F)=C/C(c2cc(Cl)c(Cl)c(Cl)c2)C(F)(F)F)cc1C(F)(F)F. The lowest BCUT2D eigenvalue weighted by molar-refractivity contribution is -0.140. The molecule has 1 N–H and O–H groups in total. The van der Waals surface area contributed by atoms with Crippen LogP contribution in [0.3, 0.4) is 0 Å². The number of allylic oxidation sites excluding steroid dienone is 1. The Balaban J connectivity index is 2.44. The molecule has 0 aliphatic carbocycles. The number of hydrogen-bond donors (Lipinski definition) is 1. The van der Waals surface area contributed by atoms with Gasteiger partial charge in [-0.1, -0.05) is 40.9 Å². The van der Waals surface area contributed by atoms with E-state index >= 15 is 0 Å². The third-order valence-corrected chi connectivity index (χ3v) is 7.29. The molecule has 1 amide bonds. The van der Waals surface area contributed by atoms with Crippen molar-refractivity contribution in [1.82, 2.24) is 5.32 Å². The lowest BCUT2D eigenvalue weighted by Crippen LogP contribution is -2.35. The molecule has 38 heavy (non-hydrogen) atoms. The number of amides is 1. The molecule has 0 aliphatic rings. The number of halogens is 12. The second-order valence-electron chi connectivity index (χ2n) is 7.89. The lowest BCUT2D eigenvalue weighted by atomic mass is 9.95. The van der Waals surface area contributed by atoms with Crippen LogP contribution in [-0.4, -0.2) is 36.1 Å². The lowest BCUT2D eigenvalue weighted by Gasteiger charge is -2.19. The molecule has 2 nitrogen and oxygen atoms in total. The maximum atomic E-state index is 14.9. The van der Waals surface area contributed by atoms with Crippen LogP contribution in [0.4, 0.5) is 39.5 Å². The summed E-state index contributed by atoms with van der Waals surface area (Å²) in [7, 11) is 0. The number of rotatable bonds is 9. The van der Waals surface area contributed by atoms with E-state index in [1.54, 1.807) is 0 Å². The second kappa shape index (κ2) is 13.1. The third kappa shape index (κ3) is 8.89. The van der Waals surface area contributed by atoms with Gasteiger partial charge < -0.3 is 5.32 Å². The molecule has 0 saturated carbocycles. The van der Waals surface area contributed by atoms with Crippen LogP contribution in [0.25, 0.3) is 5.83 Å². The maximum absolute atomic E-state index is 14.9. The molecule has 2 unspecified atom stereocenters. The number of benzene rings is 2. The summed E-state index contributed by atoms with van der Waals surface area (Å²) in [6.07, 6.45) is -12.8. The Morgan fingerprint density at radius 2 is 1.58 bits per heavy atom. The quantitative estimate of drug-likeness (QED) is 0.220. The summed E-state index contributed by atoms with van der Waals surface area (Å²) in [4.78, 5) is 12.4. The predicted molar refractivity (Wildman–Crippen MR) is 131 cm³/mol. The Morgan fingerprint density at radius 3 is 2.08 bits per heavy atom. The van der Waals surface area contributed by atoms with Crippen molar-refractivity contribution < 1.29 is 44.3 Å². The van der Waals surface area contributed by atoms with Crippen molar-refractivity contribution >= 4 is 58.3 Å². The molecule has 0 aromatic heterocycles. The van der Waals surface area contributed by atoms with Crippen molar-refractivity contribution in [2.45, 2.75) is 37.7 Å². The van der Waals surface area contributed by atoms with Crippen LogP contribution < -0.4 is 5.32 Å². The first-order valence-corrected chi connectivity index (χ1v) is 12.7. The number of carbonyl (C=O) groups excluding carboxylic acids is 1. The van der Waals surface area contributed by atoms with E-state index in [9.17, 15) is 44.3 Å². The standard InChI is InChI=1S/C23H17Cl3F9NOS/c1-10(8-38-9-19(28)29)36-21(37)13-3-2-11(4-15(13)23(33,34)35)18(27)7-14(22(30,31)32)12-5-16(24)20(26)17(25)6-12/h2-7,10,14,19H,8-9H2,1H3,(H,36,37)/b18-7-. The van der Waals surface area contributed by atoms with E-state index in [0.29, 0.717) is 12.1 Å². The van der Waals surface area contributed by atoms with E-state index in [1.165, 1.54) is 6.92 Å². The molecule has 0 heterocycles. The van der Waals surface area contributed by atoms with Gasteiger partial charge in [0.25, 0.3) is 5.91 Å². The van der Waals surface area contributed by atoms with E-state index < -0.39 is 70.5 Å². The molecule has 0 bridgehead atoms. The summed E-state index contributed by atoms with van der Waals surface area (Å²) in [6, 6.07) is 2.32. The minimum absolute atomic E-state index is 0.0234. The Hall–Kier alpha value is -1.76. The first kappa shape index (κ1) is 32.5. The van der Waals surface area contributed by atoms with E-state index in [2.05, 4.69) is 5.32 Å². The van der Waals surface area contributed by atoms with Gasteiger partial charge in [-0.05, 0) is 42.8 Å². The van der Waals surface area contributed by atoms with E-state index in [4.69, 9.17) is 34.8 Å². The van der Waals surface area contributed by atoms with Gasteiger partial charge in [-0.25, -0.2) is 13.2 Å². The van der Waals surface area contributed by atoms with Crippen LogP contribution in [0.1, 0.15) is 39.9 Å². The number of alkyl halides is 8. The van der Waals surface area contributed by atoms with E-state index in [-0.39, 0.29) is 33.0 Å². The Labute approximate surface area is 230 Å². The fraction of sp³-hybridized carbons (Fsp3) is 0.348. The molecular formula is C23H17Cl3F9NOS. The van der Waals surface area contributed by atoms with Gasteiger partial charge >= 0.3 is 12.4 Å². The van der Waals surface area contributed by atoms with Crippen molar-refractivity contribution in [1.29, 1.82) is 0 Å². The predicted octanol–water partition coefficient (Wildman–Crippen LogP) is 9.44. The normalized spacial score (nSPS) is 14.5. The van der Waals surface area contributed by atoms with Gasteiger partial charge in [-0.15, -0.1) is 0 Å².